The number of aryl methyl sites for hydroxylation is 1. The van der Waals surface area contributed by atoms with Crippen molar-refractivity contribution in [2.75, 3.05) is 5.32 Å². The van der Waals surface area contributed by atoms with E-state index in [1.165, 1.54) is 0 Å². The van der Waals surface area contributed by atoms with E-state index in [2.05, 4.69) is 25.4 Å². The summed E-state index contributed by atoms with van der Waals surface area (Å²) in [5, 5.41) is 21.0. The van der Waals surface area contributed by atoms with Crippen molar-refractivity contribution >= 4 is 28.7 Å². The van der Waals surface area contributed by atoms with Gasteiger partial charge in [-0.25, -0.2) is 9.59 Å². The maximum atomic E-state index is 11.7. The van der Waals surface area contributed by atoms with E-state index < -0.39 is 18.0 Å². The number of anilines is 1. The van der Waals surface area contributed by atoms with Crippen LogP contribution in [0.25, 0.3) is 0 Å². The molecule has 1 aromatic heterocycles. The van der Waals surface area contributed by atoms with Crippen LogP contribution in [0.2, 0.25) is 0 Å². The standard InChI is InChI=1S/C12H13N5O3S/c18-10(19)9(7-6-8-4-2-1-3-5-8)13-11(20)14-12-15-16-17-21-12/h1-5,9H,6-7H2,(H,18,19)(H2,13,14,15,17,20)/t9-/m0/s1. The highest BCUT2D eigenvalue weighted by Gasteiger charge is 2.20. The predicted molar refractivity (Wildman–Crippen MR) is 76.0 cm³/mol. The lowest BCUT2D eigenvalue weighted by Crippen LogP contribution is -2.43. The minimum Gasteiger partial charge on any atom is -0.480 e. The molecule has 110 valence electrons. The van der Waals surface area contributed by atoms with Crippen molar-refractivity contribution in [2.24, 2.45) is 0 Å². The van der Waals surface area contributed by atoms with Gasteiger partial charge in [0.2, 0.25) is 5.13 Å². The molecule has 2 aromatic rings. The number of rotatable bonds is 6. The number of carbonyl (C=O) groups is 2. The minimum atomic E-state index is -1.09. The van der Waals surface area contributed by atoms with Gasteiger partial charge < -0.3 is 10.4 Å². The van der Waals surface area contributed by atoms with E-state index in [0.29, 0.717) is 12.8 Å². The van der Waals surface area contributed by atoms with Crippen LogP contribution in [0.4, 0.5) is 9.93 Å². The second kappa shape index (κ2) is 7.29. The van der Waals surface area contributed by atoms with Crippen LogP contribution in [-0.4, -0.2) is 37.9 Å². The largest absolute Gasteiger partial charge is 0.480 e. The monoisotopic (exact) mass is 307 g/mol. The summed E-state index contributed by atoms with van der Waals surface area (Å²) in [6, 6.07) is 7.85. The Morgan fingerprint density at radius 3 is 2.67 bits per heavy atom. The van der Waals surface area contributed by atoms with E-state index in [4.69, 9.17) is 5.11 Å². The van der Waals surface area contributed by atoms with Crippen LogP contribution >= 0.6 is 11.5 Å². The number of carboxylic acid groups (broad SMARTS) is 1. The van der Waals surface area contributed by atoms with Gasteiger partial charge >= 0.3 is 12.0 Å². The van der Waals surface area contributed by atoms with Gasteiger partial charge in [-0.1, -0.05) is 39.9 Å². The van der Waals surface area contributed by atoms with Crippen molar-refractivity contribution < 1.29 is 14.7 Å². The van der Waals surface area contributed by atoms with E-state index >= 15 is 0 Å². The SMILES string of the molecule is O=C(Nc1nnns1)N[C@@H](CCc1ccccc1)C(=O)O. The first-order valence-electron chi connectivity index (χ1n) is 6.14. The summed E-state index contributed by atoms with van der Waals surface area (Å²) in [5.74, 6) is -1.09. The summed E-state index contributed by atoms with van der Waals surface area (Å²) >= 11 is 0.905. The van der Waals surface area contributed by atoms with Gasteiger partial charge in [-0.2, -0.15) is 0 Å². The molecule has 0 aliphatic heterocycles. The molecule has 1 aromatic carbocycles. The van der Waals surface area contributed by atoms with Gasteiger partial charge in [0, 0.05) is 11.5 Å². The van der Waals surface area contributed by atoms with Crippen LogP contribution in [-0.2, 0) is 11.2 Å². The average Bonchev–Trinajstić information content (AvgIpc) is 2.97. The van der Waals surface area contributed by atoms with Crippen LogP contribution in [0, 0.1) is 0 Å². The third kappa shape index (κ3) is 4.80. The van der Waals surface area contributed by atoms with E-state index in [9.17, 15) is 9.59 Å². The molecular weight excluding hydrogens is 294 g/mol. The molecule has 0 saturated heterocycles. The fourth-order valence-corrected chi connectivity index (χ4v) is 2.05. The Kier molecular flexibility index (Phi) is 5.16. The van der Waals surface area contributed by atoms with Crippen molar-refractivity contribution in [3.63, 3.8) is 0 Å². The number of amides is 2. The lowest BCUT2D eigenvalue weighted by molar-refractivity contribution is -0.139. The molecule has 0 saturated carbocycles. The number of aromatic nitrogens is 3. The molecule has 3 N–H and O–H groups in total. The van der Waals surface area contributed by atoms with Crippen molar-refractivity contribution in [1.29, 1.82) is 0 Å². The number of carboxylic acids is 1. The fourth-order valence-electron chi connectivity index (χ4n) is 1.69. The molecule has 21 heavy (non-hydrogen) atoms. The summed E-state index contributed by atoms with van der Waals surface area (Å²) in [7, 11) is 0. The van der Waals surface area contributed by atoms with E-state index in [1.54, 1.807) is 0 Å². The zero-order valence-corrected chi connectivity index (χ0v) is 11.7. The number of benzene rings is 1. The van der Waals surface area contributed by atoms with E-state index in [1.807, 2.05) is 30.3 Å². The van der Waals surface area contributed by atoms with Crippen LogP contribution in [0.15, 0.2) is 30.3 Å². The molecule has 1 heterocycles. The number of nitrogens with zero attached hydrogens (tertiary/aromatic N) is 3. The second-order valence-electron chi connectivity index (χ2n) is 4.18. The first-order chi connectivity index (χ1) is 10.1. The molecule has 0 spiro atoms. The predicted octanol–water partition coefficient (Wildman–Crippen LogP) is 1.14. The number of aliphatic carboxylic acids is 1. The third-order valence-electron chi connectivity index (χ3n) is 2.69. The summed E-state index contributed by atoms with van der Waals surface area (Å²) < 4.78 is 3.49. The molecule has 0 bridgehead atoms. The molecule has 9 heteroatoms. The normalized spacial score (nSPS) is 11.6. The maximum absolute atomic E-state index is 11.7. The summed E-state index contributed by atoms with van der Waals surface area (Å²) in [6.45, 7) is 0. The number of hydrogen-bond acceptors (Lipinski definition) is 6. The molecule has 0 unspecified atom stereocenters. The van der Waals surface area contributed by atoms with Gasteiger partial charge in [-0.15, -0.1) is 0 Å². The lowest BCUT2D eigenvalue weighted by Gasteiger charge is -2.14. The Labute approximate surface area is 124 Å². The topological polar surface area (TPSA) is 117 Å². The molecular formula is C12H13N5O3S. The van der Waals surface area contributed by atoms with Crippen molar-refractivity contribution in [1.82, 2.24) is 20.1 Å². The van der Waals surface area contributed by atoms with Crippen LogP contribution < -0.4 is 10.6 Å². The van der Waals surface area contributed by atoms with Gasteiger partial charge in [0.15, 0.2) is 0 Å². The molecule has 0 aliphatic carbocycles. The smallest absolute Gasteiger partial charge is 0.326 e. The maximum Gasteiger partial charge on any atom is 0.326 e. The third-order valence-corrected chi connectivity index (χ3v) is 3.20. The zero-order chi connectivity index (χ0) is 15.1. The molecule has 0 aliphatic rings. The number of carbonyl (C=O) groups excluding carboxylic acids is 1. The van der Waals surface area contributed by atoms with Gasteiger partial charge in [-0.05, 0) is 23.6 Å². The molecule has 2 amide bonds. The second-order valence-corrected chi connectivity index (χ2v) is 4.91. The fraction of sp³-hybridized carbons (Fsp3) is 0.250. The zero-order valence-electron chi connectivity index (χ0n) is 10.9. The Morgan fingerprint density at radius 1 is 1.29 bits per heavy atom. The summed E-state index contributed by atoms with van der Waals surface area (Å²) in [5.41, 5.74) is 1.01. The lowest BCUT2D eigenvalue weighted by atomic mass is 10.1. The first-order valence-corrected chi connectivity index (χ1v) is 6.92. The van der Waals surface area contributed by atoms with Gasteiger partial charge in [0.05, 0.1) is 0 Å². The number of hydrogen-bond donors (Lipinski definition) is 3. The molecule has 2 rings (SSSR count). The Hall–Kier alpha value is -2.55. The van der Waals surface area contributed by atoms with Gasteiger partial charge in [0.25, 0.3) is 0 Å². The quantitative estimate of drug-likeness (QED) is 0.736. The van der Waals surface area contributed by atoms with Crippen LogP contribution in [0.5, 0.6) is 0 Å². The molecule has 0 fully saturated rings. The molecule has 0 radical (unpaired) electrons. The van der Waals surface area contributed by atoms with Crippen molar-refractivity contribution in [2.45, 2.75) is 18.9 Å². The molecule has 8 nitrogen and oxygen atoms in total. The average molecular weight is 307 g/mol. The number of nitrogens with one attached hydrogen (secondary N) is 2. The first kappa shape index (κ1) is 14.9. The van der Waals surface area contributed by atoms with E-state index in [-0.39, 0.29) is 5.13 Å². The highest BCUT2D eigenvalue weighted by Crippen LogP contribution is 2.07. The Balaban J connectivity index is 1.87. The minimum absolute atomic E-state index is 0.208. The highest BCUT2D eigenvalue weighted by atomic mass is 32.1. The van der Waals surface area contributed by atoms with Crippen LogP contribution in [0.1, 0.15) is 12.0 Å². The van der Waals surface area contributed by atoms with Crippen molar-refractivity contribution in [3.8, 4) is 0 Å². The van der Waals surface area contributed by atoms with E-state index in [0.717, 1.165) is 17.1 Å². The van der Waals surface area contributed by atoms with Crippen molar-refractivity contribution in [3.05, 3.63) is 35.9 Å². The highest BCUT2D eigenvalue weighted by molar-refractivity contribution is 7.09. The van der Waals surface area contributed by atoms with Gasteiger partial charge in [0.1, 0.15) is 6.04 Å². The number of urea groups is 1. The summed E-state index contributed by atoms with van der Waals surface area (Å²) in [4.78, 5) is 22.8. The van der Waals surface area contributed by atoms with Gasteiger partial charge in [-0.3, -0.25) is 5.32 Å². The molecule has 1 atom stereocenters. The van der Waals surface area contributed by atoms with Crippen LogP contribution in [0.3, 0.4) is 0 Å². The Morgan fingerprint density at radius 2 is 2.05 bits per heavy atom. The Bertz CT molecular complexity index is 590. The summed E-state index contributed by atoms with van der Waals surface area (Å²) in [6.07, 6.45) is 0.847.